The molecule has 0 radical (unpaired) electrons. The summed E-state index contributed by atoms with van der Waals surface area (Å²) in [5, 5.41) is 0. The monoisotopic (exact) mass is 520 g/mol. The van der Waals surface area contributed by atoms with E-state index in [1.165, 1.54) is 9.87 Å². The first-order chi connectivity index (χ1) is 17.7. The Morgan fingerprint density at radius 2 is 1.89 bits per heavy atom. The lowest BCUT2D eigenvalue weighted by Crippen LogP contribution is -2.42. The molecule has 2 N–H and O–H groups in total. The zero-order chi connectivity index (χ0) is 25.8. The number of rotatable bonds is 4. The summed E-state index contributed by atoms with van der Waals surface area (Å²) in [6.07, 6.45) is 7.21. The Bertz CT molecular complexity index is 1470. The molecule has 2 aromatic heterocycles. The molecule has 4 heterocycles. The smallest absolute Gasteiger partial charge is 0.246 e. The van der Waals surface area contributed by atoms with Gasteiger partial charge in [-0.1, -0.05) is 19.9 Å². The number of pyridine rings is 1. The van der Waals surface area contributed by atoms with E-state index in [2.05, 4.69) is 34.8 Å². The fraction of sp³-hybridized carbons (Fsp3) is 0.444. The molecule has 0 bridgehead atoms. The van der Waals surface area contributed by atoms with E-state index in [9.17, 15) is 8.42 Å². The first-order valence-corrected chi connectivity index (χ1v) is 14.2. The molecule has 0 unspecified atom stereocenters. The first kappa shape index (κ1) is 24.1. The topological polar surface area (TPSA) is 115 Å². The van der Waals surface area contributed by atoms with Crippen LogP contribution in [0.4, 0.5) is 11.6 Å². The van der Waals surface area contributed by atoms with Crippen molar-refractivity contribution >= 4 is 21.7 Å². The SMILES string of the molecule is CC1(C)CCc2ncnc(N3CCOc4ccc(-c5cnc(N)c(S(=O)(=O)N6CCC6)c5)cc4C3)c2C1. The Labute approximate surface area is 217 Å². The van der Waals surface area contributed by atoms with Crippen LogP contribution in [-0.4, -0.2) is 53.9 Å². The highest BCUT2D eigenvalue weighted by Crippen LogP contribution is 2.39. The molecule has 3 aliphatic rings. The summed E-state index contributed by atoms with van der Waals surface area (Å²) in [7, 11) is -3.65. The highest BCUT2D eigenvalue weighted by molar-refractivity contribution is 7.89. The van der Waals surface area contributed by atoms with Crippen LogP contribution in [0.25, 0.3) is 11.1 Å². The van der Waals surface area contributed by atoms with E-state index in [1.54, 1.807) is 18.6 Å². The van der Waals surface area contributed by atoms with Crippen molar-refractivity contribution < 1.29 is 13.2 Å². The van der Waals surface area contributed by atoms with Gasteiger partial charge in [-0.3, -0.25) is 0 Å². The van der Waals surface area contributed by atoms with Crippen LogP contribution in [0.15, 0.2) is 41.7 Å². The second-order valence-electron chi connectivity index (χ2n) is 10.9. The van der Waals surface area contributed by atoms with Crippen LogP contribution in [0.5, 0.6) is 5.75 Å². The van der Waals surface area contributed by atoms with E-state index >= 15 is 0 Å². The molecule has 0 saturated carbocycles. The molecular weight excluding hydrogens is 488 g/mol. The van der Waals surface area contributed by atoms with E-state index in [0.29, 0.717) is 31.8 Å². The van der Waals surface area contributed by atoms with Crippen LogP contribution in [0.1, 0.15) is 43.5 Å². The number of sulfonamides is 1. The molecule has 6 rings (SSSR count). The molecule has 0 spiro atoms. The lowest BCUT2D eigenvalue weighted by molar-refractivity contribution is 0.309. The average molecular weight is 521 g/mol. The number of nitrogens with zero attached hydrogens (tertiary/aromatic N) is 5. The number of fused-ring (bicyclic) bond motifs is 2. The van der Waals surface area contributed by atoms with Gasteiger partial charge >= 0.3 is 0 Å². The standard InChI is InChI=1S/C27H32N6O3S/c1-27(2)7-6-22-21(14-27)26(31-17-30-22)32-10-11-36-23-5-4-18(12-20(23)16-32)19-13-24(25(28)29-15-19)37(34,35)33-8-3-9-33/h4-5,12-13,15,17H,3,6-11,14,16H2,1-2H3,(H2,28,29). The Morgan fingerprint density at radius 3 is 2.68 bits per heavy atom. The number of hydrogen-bond acceptors (Lipinski definition) is 8. The molecule has 1 aliphatic carbocycles. The Kier molecular flexibility index (Phi) is 5.83. The predicted octanol–water partition coefficient (Wildman–Crippen LogP) is 3.43. The van der Waals surface area contributed by atoms with Crippen LogP contribution >= 0.6 is 0 Å². The third-order valence-corrected chi connectivity index (χ3v) is 9.62. The molecule has 194 valence electrons. The number of hydrogen-bond donors (Lipinski definition) is 1. The van der Waals surface area contributed by atoms with Gasteiger partial charge in [-0.05, 0) is 54.9 Å². The Morgan fingerprint density at radius 1 is 1.05 bits per heavy atom. The molecule has 0 amide bonds. The van der Waals surface area contributed by atoms with Crippen molar-refractivity contribution in [2.24, 2.45) is 5.41 Å². The fourth-order valence-electron chi connectivity index (χ4n) is 5.37. The van der Waals surface area contributed by atoms with Gasteiger partial charge < -0.3 is 15.4 Å². The largest absolute Gasteiger partial charge is 0.491 e. The van der Waals surface area contributed by atoms with Crippen molar-refractivity contribution in [1.29, 1.82) is 0 Å². The van der Waals surface area contributed by atoms with Gasteiger partial charge in [-0.25, -0.2) is 23.4 Å². The van der Waals surface area contributed by atoms with Crippen LogP contribution in [0.2, 0.25) is 0 Å². The summed E-state index contributed by atoms with van der Waals surface area (Å²) < 4.78 is 33.6. The van der Waals surface area contributed by atoms with Crippen LogP contribution < -0.4 is 15.4 Å². The summed E-state index contributed by atoms with van der Waals surface area (Å²) in [4.78, 5) is 15.9. The Hall–Kier alpha value is -3.24. The molecule has 1 saturated heterocycles. The lowest BCUT2D eigenvalue weighted by atomic mass is 9.76. The maximum absolute atomic E-state index is 13.0. The van der Waals surface area contributed by atoms with Gasteiger partial charge in [0.1, 0.15) is 35.2 Å². The van der Waals surface area contributed by atoms with E-state index in [1.807, 2.05) is 12.1 Å². The highest BCUT2D eigenvalue weighted by Gasteiger charge is 2.32. The van der Waals surface area contributed by atoms with Crippen LogP contribution in [0.3, 0.4) is 0 Å². The second-order valence-corrected chi connectivity index (χ2v) is 12.8. The molecule has 1 aromatic carbocycles. The third kappa shape index (κ3) is 4.42. The average Bonchev–Trinajstić information content (AvgIpc) is 3.04. The number of aryl methyl sites for hydroxylation is 1. The van der Waals surface area contributed by atoms with Gasteiger partial charge in [0.2, 0.25) is 10.0 Å². The zero-order valence-electron chi connectivity index (χ0n) is 21.3. The molecule has 37 heavy (non-hydrogen) atoms. The number of anilines is 2. The van der Waals surface area contributed by atoms with E-state index in [0.717, 1.165) is 60.6 Å². The minimum Gasteiger partial charge on any atom is -0.491 e. The summed E-state index contributed by atoms with van der Waals surface area (Å²) in [5.74, 6) is 1.83. The van der Waals surface area contributed by atoms with Crippen molar-refractivity contribution in [3.63, 3.8) is 0 Å². The minimum absolute atomic E-state index is 0.0244. The van der Waals surface area contributed by atoms with Crippen molar-refractivity contribution in [3.05, 3.63) is 53.6 Å². The Balaban J connectivity index is 1.34. The van der Waals surface area contributed by atoms with Gasteiger partial charge in [-0.2, -0.15) is 4.31 Å². The van der Waals surface area contributed by atoms with Gasteiger partial charge in [0.05, 0.1) is 6.54 Å². The van der Waals surface area contributed by atoms with Crippen molar-refractivity contribution in [2.45, 2.75) is 51.0 Å². The summed E-state index contributed by atoms with van der Waals surface area (Å²) in [6, 6.07) is 7.58. The first-order valence-electron chi connectivity index (χ1n) is 12.8. The fourth-order valence-corrected chi connectivity index (χ4v) is 6.98. The van der Waals surface area contributed by atoms with Crippen molar-refractivity contribution in [2.75, 3.05) is 36.9 Å². The van der Waals surface area contributed by atoms with E-state index in [4.69, 9.17) is 15.5 Å². The predicted molar refractivity (Wildman–Crippen MR) is 142 cm³/mol. The van der Waals surface area contributed by atoms with Crippen molar-refractivity contribution in [3.8, 4) is 16.9 Å². The number of ether oxygens (including phenoxy) is 1. The summed E-state index contributed by atoms with van der Waals surface area (Å²) in [6.45, 7) is 7.54. The molecule has 9 nitrogen and oxygen atoms in total. The number of benzene rings is 1. The van der Waals surface area contributed by atoms with E-state index < -0.39 is 10.0 Å². The zero-order valence-corrected chi connectivity index (χ0v) is 22.1. The van der Waals surface area contributed by atoms with Gasteiger partial charge in [0, 0.05) is 48.2 Å². The third-order valence-electron chi connectivity index (χ3n) is 7.69. The van der Waals surface area contributed by atoms with Gasteiger partial charge in [0.15, 0.2) is 0 Å². The van der Waals surface area contributed by atoms with Crippen LogP contribution in [0, 0.1) is 5.41 Å². The summed E-state index contributed by atoms with van der Waals surface area (Å²) in [5.41, 5.74) is 11.2. The molecule has 1 fully saturated rings. The second kappa shape index (κ2) is 8.95. The highest BCUT2D eigenvalue weighted by atomic mass is 32.2. The van der Waals surface area contributed by atoms with Crippen molar-refractivity contribution in [1.82, 2.24) is 19.3 Å². The number of nitrogens with two attached hydrogens (primary N) is 1. The molecule has 0 atom stereocenters. The lowest BCUT2D eigenvalue weighted by Gasteiger charge is -2.33. The summed E-state index contributed by atoms with van der Waals surface area (Å²) >= 11 is 0. The number of aromatic nitrogens is 3. The molecule has 10 heteroatoms. The molecular formula is C27H32N6O3S. The normalized spacial score (nSPS) is 19.2. The minimum atomic E-state index is -3.65. The van der Waals surface area contributed by atoms with Gasteiger partial charge in [-0.15, -0.1) is 0 Å². The van der Waals surface area contributed by atoms with Gasteiger partial charge in [0.25, 0.3) is 0 Å². The maximum Gasteiger partial charge on any atom is 0.246 e. The molecule has 3 aromatic rings. The quantitative estimate of drug-likeness (QED) is 0.557. The number of nitrogen functional groups attached to an aromatic ring is 1. The molecule has 2 aliphatic heterocycles. The maximum atomic E-state index is 13.0. The van der Waals surface area contributed by atoms with E-state index in [-0.39, 0.29) is 16.1 Å². The van der Waals surface area contributed by atoms with Crippen LogP contribution in [-0.2, 0) is 29.4 Å².